The van der Waals surface area contributed by atoms with Crippen LogP contribution in [0.3, 0.4) is 0 Å². The molecule has 0 bridgehead atoms. The lowest BCUT2D eigenvalue weighted by Crippen LogP contribution is -2.13. The number of nitrogens with zero attached hydrogens (tertiary/aromatic N) is 2. The van der Waals surface area contributed by atoms with Crippen LogP contribution >= 0.6 is 11.6 Å². The van der Waals surface area contributed by atoms with E-state index < -0.39 is 0 Å². The molecule has 0 spiro atoms. The summed E-state index contributed by atoms with van der Waals surface area (Å²) in [6.45, 7) is 3.77. The zero-order valence-electron chi connectivity index (χ0n) is 11.7. The third-order valence-corrected chi connectivity index (χ3v) is 3.61. The predicted molar refractivity (Wildman–Crippen MR) is 84.1 cm³/mol. The molecule has 0 radical (unpaired) electrons. The molecule has 2 aromatic heterocycles. The van der Waals surface area contributed by atoms with E-state index in [1.807, 2.05) is 48.7 Å². The Morgan fingerprint density at radius 1 is 1.24 bits per heavy atom. The van der Waals surface area contributed by atoms with E-state index in [2.05, 4.69) is 10.3 Å². The second-order valence-corrected chi connectivity index (χ2v) is 5.31. The molecule has 5 heteroatoms. The third-order valence-electron chi connectivity index (χ3n) is 3.38. The van der Waals surface area contributed by atoms with Crippen LogP contribution in [-0.2, 0) is 0 Å². The molecular weight excluding hydrogens is 286 g/mol. The molecule has 1 aromatic carbocycles. The van der Waals surface area contributed by atoms with Crippen molar-refractivity contribution in [2.24, 2.45) is 0 Å². The highest BCUT2D eigenvalue weighted by Crippen LogP contribution is 2.21. The predicted octanol–water partition coefficient (Wildman–Crippen LogP) is 3.86. The monoisotopic (exact) mass is 299 g/mol. The maximum atomic E-state index is 12.5. The number of hydrogen-bond donors (Lipinski definition) is 1. The van der Waals surface area contributed by atoms with E-state index in [1.165, 1.54) is 0 Å². The SMILES string of the molecule is Cc1cc(Cl)ccc1NC(=O)c1nc(C)n2ccccc12. The number of carbonyl (C=O) groups is 1. The molecule has 0 aliphatic heterocycles. The molecule has 1 amide bonds. The van der Waals surface area contributed by atoms with Crippen LogP contribution in [0.4, 0.5) is 5.69 Å². The van der Waals surface area contributed by atoms with Crippen molar-refractivity contribution >= 4 is 28.7 Å². The van der Waals surface area contributed by atoms with Gasteiger partial charge in [0.15, 0.2) is 5.69 Å². The van der Waals surface area contributed by atoms with Gasteiger partial charge in [0.25, 0.3) is 5.91 Å². The van der Waals surface area contributed by atoms with E-state index >= 15 is 0 Å². The van der Waals surface area contributed by atoms with Crippen LogP contribution in [0.5, 0.6) is 0 Å². The highest BCUT2D eigenvalue weighted by atomic mass is 35.5. The lowest BCUT2D eigenvalue weighted by molar-refractivity contribution is 0.102. The first-order valence-electron chi connectivity index (χ1n) is 6.57. The second kappa shape index (κ2) is 5.22. The molecule has 2 heterocycles. The number of halogens is 1. The van der Waals surface area contributed by atoms with Gasteiger partial charge in [0.1, 0.15) is 5.82 Å². The minimum atomic E-state index is -0.225. The van der Waals surface area contributed by atoms with E-state index in [9.17, 15) is 4.79 Å². The van der Waals surface area contributed by atoms with Gasteiger partial charge in [-0.15, -0.1) is 0 Å². The van der Waals surface area contributed by atoms with Gasteiger partial charge >= 0.3 is 0 Å². The van der Waals surface area contributed by atoms with Crippen molar-refractivity contribution in [2.75, 3.05) is 5.32 Å². The summed E-state index contributed by atoms with van der Waals surface area (Å²) in [6.07, 6.45) is 1.89. The summed E-state index contributed by atoms with van der Waals surface area (Å²) in [4.78, 5) is 16.8. The summed E-state index contributed by atoms with van der Waals surface area (Å²) < 4.78 is 1.89. The van der Waals surface area contributed by atoms with Crippen molar-refractivity contribution in [3.8, 4) is 0 Å². The first-order chi connectivity index (χ1) is 10.1. The molecule has 4 nitrogen and oxygen atoms in total. The van der Waals surface area contributed by atoms with Gasteiger partial charge < -0.3 is 9.72 Å². The number of hydrogen-bond acceptors (Lipinski definition) is 2. The molecule has 3 aromatic rings. The lowest BCUT2D eigenvalue weighted by atomic mass is 10.2. The summed E-state index contributed by atoms with van der Waals surface area (Å²) in [7, 11) is 0. The molecule has 1 N–H and O–H groups in total. The van der Waals surface area contributed by atoms with Gasteiger partial charge in [-0.1, -0.05) is 17.7 Å². The maximum Gasteiger partial charge on any atom is 0.276 e. The van der Waals surface area contributed by atoms with E-state index in [0.29, 0.717) is 10.7 Å². The zero-order chi connectivity index (χ0) is 15.0. The van der Waals surface area contributed by atoms with Crippen LogP contribution in [0, 0.1) is 13.8 Å². The number of anilines is 1. The molecule has 21 heavy (non-hydrogen) atoms. The van der Waals surface area contributed by atoms with Crippen molar-refractivity contribution < 1.29 is 4.79 Å². The van der Waals surface area contributed by atoms with E-state index in [0.717, 1.165) is 22.6 Å². The first kappa shape index (κ1) is 13.6. The third kappa shape index (κ3) is 2.50. The standard InChI is InChI=1S/C16H14ClN3O/c1-10-9-12(17)6-7-13(10)19-16(21)15-14-5-3-4-8-20(14)11(2)18-15/h3-9H,1-2H3,(H,19,21). The molecule has 0 atom stereocenters. The highest BCUT2D eigenvalue weighted by Gasteiger charge is 2.16. The van der Waals surface area contributed by atoms with E-state index in [1.54, 1.807) is 12.1 Å². The fourth-order valence-electron chi connectivity index (χ4n) is 2.31. The normalized spacial score (nSPS) is 10.8. The first-order valence-corrected chi connectivity index (χ1v) is 6.95. The van der Waals surface area contributed by atoms with Gasteiger partial charge in [0, 0.05) is 16.9 Å². The maximum absolute atomic E-state index is 12.5. The summed E-state index contributed by atoms with van der Waals surface area (Å²) in [5.41, 5.74) is 2.86. The van der Waals surface area contributed by atoms with Gasteiger partial charge in [-0.2, -0.15) is 0 Å². The number of aryl methyl sites for hydroxylation is 2. The number of carbonyl (C=O) groups excluding carboxylic acids is 1. The molecule has 0 fully saturated rings. The largest absolute Gasteiger partial charge is 0.320 e. The van der Waals surface area contributed by atoms with Crippen molar-refractivity contribution in [1.82, 2.24) is 9.38 Å². The Labute approximate surface area is 127 Å². The number of rotatable bonds is 2. The Kier molecular flexibility index (Phi) is 3.39. The minimum Gasteiger partial charge on any atom is -0.320 e. The topological polar surface area (TPSA) is 46.4 Å². The summed E-state index contributed by atoms with van der Waals surface area (Å²) in [5.74, 6) is 0.556. The molecule has 3 rings (SSSR count). The Bertz CT molecular complexity index is 839. The number of benzene rings is 1. The Morgan fingerprint density at radius 2 is 2.05 bits per heavy atom. The number of aromatic nitrogens is 2. The van der Waals surface area contributed by atoms with Gasteiger partial charge in [0.05, 0.1) is 5.52 Å². The van der Waals surface area contributed by atoms with Gasteiger partial charge in [-0.25, -0.2) is 4.98 Å². The summed E-state index contributed by atoms with van der Waals surface area (Å²) >= 11 is 5.92. The molecule has 0 aliphatic carbocycles. The molecule has 0 saturated carbocycles. The molecule has 0 unspecified atom stereocenters. The van der Waals surface area contributed by atoms with Crippen molar-refractivity contribution in [1.29, 1.82) is 0 Å². The van der Waals surface area contributed by atoms with Crippen LogP contribution in [0.15, 0.2) is 42.6 Å². The van der Waals surface area contributed by atoms with Crippen molar-refractivity contribution in [2.45, 2.75) is 13.8 Å². The smallest absolute Gasteiger partial charge is 0.276 e. The Hall–Kier alpha value is -2.33. The second-order valence-electron chi connectivity index (χ2n) is 4.88. The summed E-state index contributed by atoms with van der Waals surface area (Å²) in [5, 5.41) is 3.53. The lowest BCUT2D eigenvalue weighted by Gasteiger charge is -2.07. The summed E-state index contributed by atoms with van der Waals surface area (Å²) in [6, 6.07) is 11.0. The Morgan fingerprint density at radius 3 is 2.81 bits per heavy atom. The Balaban J connectivity index is 1.98. The number of nitrogens with one attached hydrogen (secondary N) is 1. The van der Waals surface area contributed by atoms with Crippen LogP contribution in [0.2, 0.25) is 5.02 Å². The van der Waals surface area contributed by atoms with Gasteiger partial charge in [0.2, 0.25) is 0 Å². The average Bonchev–Trinajstić information content (AvgIpc) is 2.80. The number of fused-ring (bicyclic) bond motifs is 1. The van der Waals surface area contributed by atoms with E-state index in [-0.39, 0.29) is 5.91 Å². The number of amides is 1. The zero-order valence-corrected chi connectivity index (χ0v) is 12.5. The molecule has 0 aliphatic rings. The van der Waals surface area contributed by atoms with Crippen LogP contribution < -0.4 is 5.32 Å². The molecule has 0 saturated heterocycles. The quantitative estimate of drug-likeness (QED) is 0.781. The fraction of sp³-hybridized carbons (Fsp3) is 0.125. The number of pyridine rings is 1. The fourth-order valence-corrected chi connectivity index (χ4v) is 2.53. The van der Waals surface area contributed by atoms with Crippen molar-refractivity contribution in [3.63, 3.8) is 0 Å². The average molecular weight is 300 g/mol. The van der Waals surface area contributed by atoms with Crippen LogP contribution in [-0.4, -0.2) is 15.3 Å². The minimum absolute atomic E-state index is 0.225. The van der Waals surface area contributed by atoms with Gasteiger partial charge in [-0.3, -0.25) is 4.79 Å². The van der Waals surface area contributed by atoms with Crippen LogP contribution in [0.25, 0.3) is 5.52 Å². The highest BCUT2D eigenvalue weighted by molar-refractivity contribution is 6.30. The van der Waals surface area contributed by atoms with Crippen LogP contribution in [0.1, 0.15) is 21.9 Å². The van der Waals surface area contributed by atoms with Gasteiger partial charge in [-0.05, 0) is 49.7 Å². The number of imidazole rings is 1. The van der Waals surface area contributed by atoms with Crippen molar-refractivity contribution in [3.05, 3.63) is 64.7 Å². The van der Waals surface area contributed by atoms with E-state index in [4.69, 9.17) is 11.6 Å². The molecule has 106 valence electrons. The molecular formula is C16H14ClN3O.